The van der Waals surface area contributed by atoms with Crippen LogP contribution in [0.3, 0.4) is 0 Å². The van der Waals surface area contributed by atoms with Crippen molar-refractivity contribution in [2.45, 2.75) is 43.9 Å². The van der Waals surface area contributed by atoms with Gasteiger partial charge in [0.1, 0.15) is 11.4 Å². The molecule has 0 bridgehead atoms. The molecule has 3 aliphatic heterocycles. The molecular formula is C27H35FN4O2. The Morgan fingerprint density at radius 3 is 2.47 bits per heavy atom. The molecule has 3 aliphatic rings. The molecule has 2 atom stereocenters. The molecule has 0 saturated carbocycles. The number of aryl methyl sites for hydroxylation is 1. The van der Waals surface area contributed by atoms with Gasteiger partial charge in [-0.15, -0.1) is 0 Å². The summed E-state index contributed by atoms with van der Waals surface area (Å²) in [6.45, 7) is 6.86. The number of alkyl carbamates (subject to hydrolysis) is 1. The molecule has 2 aromatic rings. The summed E-state index contributed by atoms with van der Waals surface area (Å²) < 4.78 is 20.0. The van der Waals surface area contributed by atoms with E-state index in [2.05, 4.69) is 58.4 Å². The van der Waals surface area contributed by atoms with Crippen molar-refractivity contribution in [2.75, 3.05) is 51.7 Å². The van der Waals surface area contributed by atoms with Crippen molar-refractivity contribution in [3.8, 4) is 0 Å². The number of likely N-dealkylation sites (N-methyl/N-ethyl adjacent to an activating group) is 1. The van der Waals surface area contributed by atoms with Crippen LogP contribution in [0.4, 0.5) is 14.9 Å². The maximum Gasteiger partial charge on any atom is 0.407 e. The minimum atomic E-state index is -0.323. The van der Waals surface area contributed by atoms with Gasteiger partial charge in [0.15, 0.2) is 0 Å². The summed E-state index contributed by atoms with van der Waals surface area (Å²) in [5.74, 6) is 0.269. The first-order valence-electron chi connectivity index (χ1n) is 12.3. The number of likely N-dealkylation sites (tertiary alicyclic amines) is 1. The first kappa shape index (κ1) is 23.1. The molecular weight excluding hydrogens is 431 g/mol. The van der Waals surface area contributed by atoms with Crippen molar-refractivity contribution >= 4 is 11.8 Å². The van der Waals surface area contributed by atoms with Crippen LogP contribution in [0.2, 0.25) is 0 Å². The fourth-order valence-electron chi connectivity index (χ4n) is 5.82. The molecule has 3 saturated heterocycles. The highest BCUT2D eigenvalue weighted by molar-refractivity contribution is 5.70. The summed E-state index contributed by atoms with van der Waals surface area (Å²) in [6.07, 6.45) is 1.41. The number of hydrogen-bond donors (Lipinski definition) is 1. The predicted octanol–water partition coefficient (Wildman–Crippen LogP) is 3.74. The van der Waals surface area contributed by atoms with Gasteiger partial charge in [0.25, 0.3) is 0 Å². The third-order valence-corrected chi connectivity index (χ3v) is 7.99. The molecule has 182 valence electrons. The number of piperidine rings is 1. The number of amides is 1. The Morgan fingerprint density at radius 1 is 1.12 bits per heavy atom. The van der Waals surface area contributed by atoms with Gasteiger partial charge in [-0.2, -0.15) is 0 Å². The summed E-state index contributed by atoms with van der Waals surface area (Å²) in [7, 11) is 4.27. The van der Waals surface area contributed by atoms with Crippen LogP contribution in [-0.4, -0.2) is 74.4 Å². The van der Waals surface area contributed by atoms with Gasteiger partial charge in [0.05, 0.1) is 6.54 Å². The van der Waals surface area contributed by atoms with Crippen molar-refractivity contribution < 1.29 is 13.9 Å². The Bertz CT molecular complexity index is 1010. The molecule has 3 fully saturated rings. The summed E-state index contributed by atoms with van der Waals surface area (Å²) in [5.41, 5.74) is 4.05. The van der Waals surface area contributed by atoms with Crippen LogP contribution in [0.25, 0.3) is 0 Å². The number of nitrogens with one attached hydrogen (secondary N) is 1. The SMILES string of the molecule is Cc1cccc(F)c1CN1C[C@H](c2ccc(N3CCC4(CC3)CNC(=O)O4)cc2)[C@@H](N(C)C)C1. The van der Waals surface area contributed by atoms with Crippen molar-refractivity contribution in [2.24, 2.45) is 0 Å². The smallest absolute Gasteiger partial charge is 0.407 e. The monoisotopic (exact) mass is 466 g/mol. The van der Waals surface area contributed by atoms with Crippen molar-refractivity contribution in [1.29, 1.82) is 0 Å². The second-order valence-electron chi connectivity index (χ2n) is 10.4. The molecule has 0 unspecified atom stereocenters. The second kappa shape index (κ2) is 9.19. The van der Waals surface area contributed by atoms with Crippen LogP contribution in [-0.2, 0) is 11.3 Å². The normalized spacial score (nSPS) is 24.6. The third kappa shape index (κ3) is 4.51. The lowest BCUT2D eigenvalue weighted by atomic mass is 9.90. The zero-order valence-electron chi connectivity index (χ0n) is 20.4. The number of ether oxygens (including phenoxy) is 1. The molecule has 7 heteroatoms. The lowest BCUT2D eigenvalue weighted by molar-refractivity contribution is 0.0367. The molecule has 1 amide bonds. The molecule has 5 rings (SSSR count). The van der Waals surface area contributed by atoms with E-state index >= 15 is 0 Å². The number of nitrogens with zero attached hydrogens (tertiary/aromatic N) is 3. The summed E-state index contributed by atoms with van der Waals surface area (Å²) in [5, 5.41) is 2.80. The number of hydrogen-bond acceptors (Lipinski definition) is 5. The fourth-order valence-corrected chi connectivity index (χ4v) is 5.82. The van der Waals surface area contributed by atoms with Crippen LogP contribution >= 0.6 is 0 Å². The van der Waals surface area contributed by atoms with Crippen LogP contribution < -0.4 is 10.2 Å². The molecule has 1 spiro atoms. The Labute approximate surface area is 201 Å². The number of anilines is 1. The summed E-state index contributed by atoms with van der Waals surface area (Å²) in [6, 6.07) is 14.7. The minimum Gasteiger partial charge on any atom is -0.441 e. The average Bonchev–Trinajstić information content (AvgIpc) is 3.41. The Morgan fingerprint density at radius 2 is 1.85 bits per heavy atom. The topological polar surface area (TPSA) is 48.1 Å². The van der Waals surface area contributed by atoms with Gasteiger partial charge in [0.2, 0.25) is 0 Å². The van der Waals surface area contributed by atoms with Crippen LogP contribution in [0.15, 0.2) is 42.5 Å². The second-order valence-corrected chi connectivity index (χ2v) is 10.4. The van der Waals surface area contributed by atoms with E-state index in [1.165, 1.54) is 11.3 Å². The molecule has 34 heavy (non-hydrogen) atoms. The van der Waals surface area contributed by atoms with Gasteiger partial charge >= 0.3 is 6.09 Å². The van der Waals surface area contributed by atoms with Gasteiger partial charge < -0.3 is 19.9 Å². The number of rotatable bonds is 5. The molecule has 0 aliphatic carbocycles. The van der Waals surface area contributed by atoms with E-state index in [0.29, 0.717) is 25.0 Å². The number of benzene rings is 2. The first-order valence-corrected chi connectivity index (χ1v) is 12.3. The third-order valence-electron chi connectivity index (χ3n) is 7.99. The van der Waals surface area contributed by atoms with Crippen LogP contribution in [0, 0.1) is 12.7 Å². The highest BCUT2D eigenvalue weighted by Crippen LogP contribution is 2.35. The Hall–Kier alpha value is -2.64. The van der Waals surface area contributed by atoms with Crippen molar-refractivity contribution in [3.05, 3.63) is 65.0 Å². The van der Waals surface area contributed by atoms with Gasteiger partial charge in [-0.25, -0.2) is 9.18 Å². The van der Waals surface area contributed by atoms with Crippen LogP contribution in [0.1, 0.15) is 35.4 Å². The van der Waals surface area contributed by atoms with Crippen molar-refractivity contribution in [1.82, 2.24) is 15.1 Å². The van der Waals surface area contributed by atoms with Crippen LogP contribution in [0.5, 0.6) is 0 Å². The van der Waals surface area contributed by atoms with Gasteiger partial charge in [0, 0.05) is 68.8 Å². The number of carbonyl (C=O) groups excluding carboxylic acids is 1. The van der Waals surface area contributed by atoms with Crippen molar-refractivity contribution in [3.63, 3.8) is 0 Å². The van der Waals surface area contributed by atoms with Gasteiger partial charge in [-0.1, -0.05) is 24.3 Å². The lowest BCUT2D eigenvalue weighted by Gasteiger charge is -2.38. The van der Waals surface area contributed by atoms with E-state index in [1.807, 2.05) is 13.0 Å². The largest absolute Gasteiger partial charge is 0.441 e. The van der Waals surface area contributed by atoms with Gasteiger partial charge in [-0.3, -0.25) is 4.90 Å². The zero-order valence-corrected chi connectivity index (χ0v) is 20.4. The average molecular weight is 467 g/mol. The molecule has 0 aromatic heterocycles. The molecule has 2 aromatic carbocycles. The Kier molecular flexibility index (Phi) is 6.25. The highest BCUT2D eigenvalue weighted by Gasteiger charge is 2.43. The molecule has 0 radical (unpaired) electrons. The standard InChI is InChI=1S/C27H35FN4O2/c1-19-5-4-6-24(28)22(19)15-31-16-23(25(17-31)30(2)3)20-7-9-21(10-8-20)32-13-11-27(12-14-32)18-29-26(33)34-27/h4-10,23,25H,11-18H2,1-3H3,(H,29,33)/t23-,25+/m1/s1. The zero-order chi connectivity index (χ0) is 23.9. The number of halogens is 1. The number of carbonyl (C=O) groups is 1. The highest BCUT2D eigenvalue weighted by atomic mass is 19.1. The van der Waals surface area contributed by atoms with E-state index in [0.717, 1.165) is 50.1 Å². The lowest BCUT2D eigenvalue weighted by Crippen LogP contribution is -2.46. The van der Waals surface area contributed by atoms with E-state index in [1.54, 1.807) is 12.1 Å². The summed E-state index contributed by atoms with van der Waals surface area (Å²) >= 11 is 0. The minimum absolute atomic E-state index is 0.110. The summed E-state index contributed by atoms with van der Waals surface area (Å²) in [4.78, 5) is 18.6. The maximum absolute atomic E-state index is 14.4. The molecule has 1 N–H and O–H groups in total. The van der Waals surface area contributed by atoms with E-state index in [4.69, 9.17) is 4.74 Å². The Balaban J connectivity index is 1.26. The molecule has 3 heterocycles. The predicted molar refractivity (Wildman–Crippen MR) is 132 cm³/mol. The molecule has 6 nitrogen and oxygen atoms in total. The van der Waals surface area contributed by atoms with E-state index in [9.17, 15) is 9.18 Å². The fraction of sp³-hybridized carbons (Fsp3) is 0.519. The van der Waals surface area contributed by atoms with E-state index < -0.39 is 0 Å². The quantitative estimate of drug-likeness (QED) is 0.728. The van der Waals surface area contributed by atoms with Gasteiger partial charge in [-0.05, 0) is 50.3 Å². The van der Waals surface area contributed by atoms with E-state index in [-0.39, 0.29) is 17.5 Å². The maximum atomic E-state index is 14.4. The first-order chi connectivity index (χ1) is 16.3.